The first-order valence-electron chi connectivity index (χ1n) is 8.64. The summed E-state index contributed by atoms with van der Waals surface area (Å²) in [4.78, 5) is 0. The Balaban J connectivity index is 0.00000123. The van der Waals surface area contributed by atoms with Crippen LogP contribution in [-0.4, -0.2) is 0 Å². The maximum absolute atomic E-state index is 4.00. The smallest absolute Gasteiger partial charge is 0.00882 e. The molecule has 0 heterocycles. The Morgan fingerprint density at radius 3 is 1.92 bits per heavy atom. The van der Waals surface area contributed by atoms with Gasteiger partial charge in [0.15, 0.2) is 0 Å². The largest absolute Gasteiger partial charge is 0.124 e. The summed E-state index contributed by atoms with van der Waals surface area (Å²) < 4.78 is 0. The van der Waals surface area contributed by atoms with Gasteiger partial charge in [0, 0.05) is 0 Å². The van der Waals surface area contributed by atoms with Crippen molar-refractivity contribution in [2.75, 3.05) is 0 Å². The van der Waals surface area contributed by atoms with Crippen LogP contribution in [0, 0.1) is 12.8 Å². The van der Waals surface area contributed by atoms with E-state index < -0.39 is 0 Å². The number of hydrogen-bond donors (Lipinski definition) is 0. The summed E-state index contributed by atoms with van der Waals surface area (Å²) >= 11 is 0. The second-order valence-electron chi connectivity index (χ2n) is 4.93. The number of hydrogen-bond acceptors (Lipinski definition) is 0. The third-order valence-electron chi connectivity index (χ3n) is 3.45. The van der Waals surface area contributed by atoms with Gasteiger partial charge in [0.1, 0.15) is 0 Å². The molecule has 126 valence electrons. The minimum atomic E-state index is 0.947. The zero-order valence-corrected chi connectivity index (χ0v) is 15.3. The Bertz CT molecular complexity index is 629. The van der Waals surface area contributed by atoms with E-state index in [1.165, 1.54) is 28.7 Å². The van der Waals surface area contributed by atoms with Crippen LogP contribution in [0.3, 0.4) is 0 Å². The van der Waals surface area contributed by atoms with Crippen molar-refractivity contribution < 1.29 is 0 Å². The van der Waals surface area contributed by atoms with E-state index in [1.54, 1.807) is 0 Å². The molecule has 24 heavy (non-hydrogen) atoms. The lowest BCUT2D eigenvalue weighted by Crippen LogP contribution is -1.93. The van der Waals surface area contributed by atoms with Crippen molar-refractivity contribution >= 4 is 0 Å². The SMILES string of the molecule is C#C.C=C/C=C\Cc1ccccc1-c1ccccc1CCC.CC. The Morgan fingerprint density at radius 1 is 0.875 bits per heavy atom. The molecule has 2 aromatic rings. The van der Waals surface area contributed by atoms with E-state index in [0.29, 0.717) is 0 Å². The van der Waals surface area contributed by atoms with E-state index in [-0.39, 0.29) is 0 Å². The van der Waals surface area contributed by atoms with E-state index in [1.807, 2.05) is 26.0 Å². The molecule has 0 saturated heterocycles. The van der Waals surface area contributed by atoms with Crippen molar-refractivity contribution in [1.82, 2.24) is 0 Å². The summed E-state index contributed by atoms with van der Waals surface area (Å²) in [6.07, 6.45) is 17.3. The molecule has 0 nitrogen and oxygen atoms in total. The van der Waals surface area contributed by atoms with Gasteiger partial charge in [-0.05, 0) is 35.1 Å². The Hall–Kier alpha value is -2.52. The molecule has 2 aromatic carbocycles. The number of aryl methyl sites for hydroxylation is 1. The van der Waals surface area contributed by atoms with Gasteiger partial charge in [-0.2, -0.15) is 0 Å². The van der Waals surface area contributed by atoms with Crippen LogP contribution in [0.1, 0.15) is 38.3 Å². The molecule has 0 saturated carbocycles. The summed E-state index contributed by atoms with van der Waals surface area (Å²) in [5.41, 5.74) is 5.53. The van der Waals surface area contributed by atoms with Crippen molar-refractivity contribution in [3.63, 3.8) is 0 Å². The average molecular weight is 319 g/mol. The maximum Gasteiger partial charge on any atom is -0.00882 e. The Kier molecular flexibility index (Phi) is 12.6. The van der Waals surface area contributed by atoms with Gasteiger partial charge in [-0.3, -0.25) is 0 Å². The lowest BCUT2D eigenvalue weighted by Gasteiger charge is -2.12. The van der Waals surface area contributed by atoms with Crippen LogP contribution in [0.25, 0.3) is 11.1 Å². The van der Waals surface area contributed by atoms with Crippen LogP contribution >= 0.6 is 0 Å². The Labute approximate surface area is 148 Å². The van der Waals surface area contributed by atoms with Gasteiger partial charge in [-0.15, -0.1) is 12.8 Å². The van der Waals surface area contributed by atoms with Crippen LogP contribution in [-0.2, 0) is 12.8 Å². The van der Waals surface area contributed by atoms with Crippen LogP contribution < -0.4 is 0 Å². The molecular formula is C24H30. The van der Waals surface area contributed by atoms with E-state index in [2.05, 4.69) is 81.0 Å². The summed E-state index contributed by atoms with van der Waals surface area (Å²) in [5.74, 6) is 0. The monoisotopic (exact) mass is 318 g/mol. The zero-order valence-electron chi connectivity index (χ0n) is 15.3. The summed E-state index contributed by atoms with van der Waals surface area (Å²) in [7, 11) is 0. The highest BCUT2D eigenvalue weighted by atomic mass is 14.1. The molecule has 0 aliphatic heterocycles. The second-order valence-corrected chi connectivity index (χ2v) is 4.93. The zero-order chi connectivity index (χ0) is 18.2. The van der Waals surface area contributed by atoms with Crippen molar-refractivity contribution in [1.29, 1.82) is 0 Å². The molecule has 0 radical (unpaired) electrons. The summed E-state index contributed by atoms with van der Waals surface area (Å²) in [6.45, 7) is 9.96. The van der Waals surface area contributed by atoms with Crippen molar-refractivity contribution in [3.8, 4) is 24.0 Å². The predicted octanol–water partition coefficient (Wildman–Crippen LogP) is 6.87. The predicted molar refractivity (Wildman–Crippen MR) is 110 cm³/mol. The van der Waals surface area contributed by atoms with E-state index in [4.69, 9.17) is 0 Å². The number of benzene rings is 2. The van der Waals surface area contributed by atoms with Gasteiger partial charge in [-0.25, -0.2) is 0 Å². The minimum absolute atomic E-state index is 0.947. The highest BCUT2D eigenvalue weighted by Gasteiger charge is 2.07. The van der Waals surface area contributed by atoms with Gasteiger partial charge in [0.2, 0.25) is 0 Å². The molecule has 0 aromatic heterocycles. The van der Waals surface area contributed by atoms with Gasteiger partial charge in [0.25, 0.3) is 0 Å². The highest BCUT2D eigenvalue weighted by Crippen LogP contribution is 2.28. The number of terminal acetylenes is 1. The molecule has 0 spiro atoms. The third-order valence-corrected chi connectivity index (χ3v) is 3.45. The molecule has 0 aliphatic carbocycles. The molecule has 0 atom stereocenters. The van der Waals surface area contributed by atoms with Crippen molar-refractivity contribution in [2.45, 2.75) is 40.0 Å². The molecular weight excluding hydrogens is 288 g/mol. The van der Waals surface area contributed by atoms with Gasteiger partial charge in [-0.1, -0.05) is 101 Å². The topological polar surface area (TPSA) is 0 Å². The first kappa shape index (κ1) is 21.5. The van der Waals surface area contributed by atoms with E-state index >= 15 is 0 Å². The Morgan fingerprint density at radius 2 is 1.38 bits per heavy atom. The van der Waals surface area contributed by atoms with Gasteiger partial charge < -0.3 is 0 Å². The molecule has 0 heteroatoms. The first-order chi connectivity index (χ1) is 11.9. The van der Waals surface area contributed by atoms with Crippen LogP contribution in [0.15, 0.2) is 73.3 Å². The molecule has 0 aliphatic rings. The quantitative estimate of drug-likeness (QED) is 0.403. The minimum Gasteiger partial charge on any atom is -0.124 e. The number of allylic oxidation sites excluding steroid dienone is 3. The highest BCUT2D eigenvalue weighted by molar-refractivity contribution is 5.71. The lowest BCUT2D eigenvalue weighted by atomic mass is 9.92. The molecule has 0 fully saturated rings. The average Bonchev–Trinajstić information content (AvgIpc) is 2.66. The normalized spacial score (nSPS) is 9.38. The lowest BCUT2D eigenvalue weighted by molar-refractivity contribution is 0.923. The van der Waals surface area contributed by atoms with Crippen LogP contribution in [0.5, 0.6) is 0 Å². The fraction of sp³-hybridized carbons (Fsp3) is 0.250. The fourth-order valence-electron chi connectivity index (χ4n) is 2.52. The molecule has 0 bridgehead atoms. The summed E-state index contributed by atoms with van der Waals surface area (Å²) in [5, 5.41) is 0. The van der Waals surface area contributed by atoms with Gasteiger partial charge >= 0.3 is 0 Å². The second kappa shape index (κ2) is 14.1. The van der Waals surface area contributed by atoms with Gasteiger partial charge in [0.05, 0.1) is 0 Å². The van der Waals surface area contributed by atoms with Crippen LogP contribution in [0.2, 0.25) is 0 Å². The van der Waals surface area contributed by atoms with E-state index in [9.17, 15) is 0 Å². The maximum atomic E-state index is 4.00. The van der Waals surface area contributed by atoms with Crippen LogP contribution in [0.4, 0.5) is 0 Å². The van der Waals surface area contributed by atoms with Crippen molar-refractivity contribution in [3.05, 3.63) is 84.5 Å². The summed E-state index contributed by atoms with van der Waals surface area (Å²) in [6, 6.07) is 17.4. The molecule has 0 N–H and O–H groups in total. The fourth-order valence-corrected chi connectivity index (χ4v) is 2.52. The van der Waals surface area contributed by atoms with E-state index in [0.717, 1.165) is 12.8 Å². The molecule has 0 unspecified atom stereocenters. The molecule has 2 rings (SSSR count). The standard InChI is InChI=1S/C20H22.C2H6.C2H2/c1-3-5-6-12-18-14-8-10-16-20(18)19-15-9-7-13-17(19)11-4-2;2*1-2/h3,5-10,13-16H,1,4,11-12H2,2H3;1-2H3;1-2H/b6-5-;;. The number of rotatable bonds is 6. The van der Waals surface area contributed by atoms with Crippen molar-refractivity contribution in [2.24, 2.45) is 0 Å². The first-order valence-corrected chi connectivity index (χ1v) is 8.64. The molecule has 0 amide bonds. The third kappa shape index (κ3) is 6.71.